The number of hydrogen-bond acceptors (Lipinski definition) is 4. The van der Waals surface area contributed by atoms with Crippen molar-refractivity contribution in [2.45, 2.75) is 38.4 Å². The molecule has 1 fully saturated rings. The number of nitrogens with one attached hydrogen (secondary N) is 3. The smallest absolute Gasteiger partial charge is 0.325 e. The zero-order valence-electron chi connectivity index (χ0n) is 16.9. The second kappa shape index (κ2) is 6.83. The number of carbonyl (C=O) groups is 3. The van der Waals surface area contributed by atoms with Crippen LogP contribution in [0.3, 0.4) is 0 Å². The first kappa shape index (κ1) is 19.1. The van der Waals surface area contributed by atoms with E-state index in [0.29, 0.717) is 30.6 Å². The van der Waals surface area contributed by atoms with E-state index in [2.05, 4.69) is 16.0 Å². The van der Waals surface area contributed by atoms with Crippen molar-refractivity contribution in [3.05, 3.63) is 64.1 Å². The van der Waals surface area contributed by atoms with Crippen LogP contribution in [0.5, 0.6) is 0 Å². The number of anilines is 1. The minimum atomic E-state index is -0.947. The van der Waals surface area contributed by atoms with Crippen molar-refractivity contribution in [2.24, 2.45) is 0 Å². The zero-order chi connectivity index (χ0) is 21.8. The maximum atomic E-state index is 12.7. The number of aromatic nitrogens is 2. The summed E-state index contributed by atoms with van der Waals surface area (Å²) in [5.41, 5.74) is 2.77. The number of imidazole rings is 1. The standard InChI is InChI=1S/C22H21N5O4/c1-2-26-16-5-3-4-6-17(16)27(21(26)31)12-18(28)23-15-8-7-13-10-22(11-14(13)9-15)19(29)24-20(30)25-22/h3-9H,2,10-12H2,1H3,(H,23,28)(H2,24,25,29,30). The molecule has 0 radical (unpaired) electrons. The fourth-order valence-electron chi connectivity index (χ4n) is 4.61. The predicted molar refractivity (Wildman–Crippen MR) is 114 cm³/mol. The van der Waals surface area contributed by atoms with Crippen LogP contribution < -0.4 is 21.6 Å². The lowest BCUT2D eigenvalue weighted by Crippen LogP contribution is -2.47. The van der Waals surface area contributed by atoms with Crippen LogP contribution >= 0.6 is 0 Å². The van der Waals surface area contributed by atoms with Crippen molar-refractivity contribution in [1.29, 1.82) is 0 Å². The number of hydrogen-bond donors (Lipinski definition) is 3. The van der Waals surface area contributed by atoms with Crippen LogP contribution in [-0.2, 0) is 35.5 Å². The molecule has 9 nitrogen and oxygen atoms in total. The van der Waals surface area contributed by atoms with Crippen molar-refractivity contribution in [3.63, 3.8) is 0 Å². The molecule has 0 bridgehead atoms. The van der Waals surface area contributed by atoms with Gasteiger partial charge in [0.15, 0.2) is 0 Å². The molecule has 5 rings (SSSR count). The third kappa shape index (κ3) is 3.00. The van der Waals surface area contributed by atoms with Gasteiger partial charge in [-0.15, -0.1) is 0 Å². The van der Waals surface area contributed by atoms with Crippen LogP contribution in [0.2, 0.25) is 0 Å². The number of amides is 4. The number of para-hydroxylation sites is 2. The van der Waals surface area contributed by atoms with E-state index in [9.17, 15) is 19.2 Å². The lowest BCUT2D eigenvalue weighted by Gasteiger charge is -2.18. The van der Waals surface area contributed by atoms with Gasteiger partial charge < -0.3 is 10.6 Å². The molecule has 158 valence electrons. The molecule has 31 heavy (non-hydrogen) atoms. The van der Waals surface area contributed by atoms with Gasteiger partial charge in [-0.1, -0.05) is 18.2 Å². The fraction of sp³-hybridized carbons (Fsp3) is 0.273. The van der Waals surface area contributed by atoms with Gasteiger partial charge >= 0.3 is 11.7 Å². The maximum Gasteiger partial charge on any atom is 0.329 e. The Morgan fingerprint density at radius 1 is 1.03 bits per heavy atom. The molecular weight excluding hydrogens is 398 g/mol. The summed E-state index contributed by atoms with van der Waals surface area (Å²) in [6, 6.07) is 12.3. The van der Waals surface area contributed by atoms with Crippen molar-refractivity contribution in [1.82, 2.24) is 19.8 Å². The fourth-order valence-corrected chi connectivity index (χ4v) is 4.61. The summed E-state index contributed by atoms with van der Waals surface area (Å²) in [4.78, 5) is 49.2. The topological polar surface area (TPSA) is 114 Å². The highest BCUT2D eigenvalue weighted by molar-refractivity contribution is 6.08. The summed E-state index contributed by atoms with van der Waals surface area (Å²) in [6.45, 7) is 2.30. The van der Waals surface area contributed by atoms with Crippen molar-refractivity contribution >= 4 is 34.6 Å². The molecule has 1 atom stereocenters. The highest BCUT2D eigenvalue weighted by Gasteiger charge is 2.49. The number of imide groups is 1. The molecule has 2 aromatic carbocycles. The molecule has 1 spiro atoms. The third-order valence-electron chi connectivity index (χ3n) is 6.03. The Balaban J connectivity index is 1.36. The summed E-state index contributed by atoms with van der Waals surface area (Å²) in [7, 11) is 0. The second-order valence-electron chi connectivity index (χ2n) is 7.98. The van der Waals surface area contributed by atoms with Gasteiger partial charge in [-0.25, -0.2) is 9.59 Å². The number of benzene rings is 2. The van der Waals surface area contributed by atoms with Gasteiger partial charge in [0.05, 0.1) is 11.0 Å². The van der Waals surface area contributed by atoms with Gasteiger partial charge in [-0.3, -0.25) is 24.0 Å². The van der Waals surface area contributed by atoms with E-state index in [1.165, 1.54) is 4.57 Å². The first-order valence-electron chi connectivity index (χ1n) is 10.1. The van der Waals surface area contributed by atoms with Crippen LogP contribution in [0.1, 0.15) is 18.1 Å². The lowest BCUT2D eigenvalue weighted by molar-refractivity contribution is -0.123. The highest BCUT2D eigenvalue weighted by atomic mass is 16.2. The highest BCUT2D eigenvalue weighted by Crippen LogP contribution is 2.33. The van der Waals surface area contributed by atoms with Crippen LogP contribution in [0.25, 0.3) is 11.0 Å². The lowest BCUT2D eigenvalue weighted by atomic mass is 9.96. The SMILES string of the molecule is CCn1c(=O)n(CC(=O)Nc2ccc3c(c2)CC2(C3)NC(=O)NC2=O)c2ccccc21. The molecule has 0 saturated carbocycles. The van der Waals surface area contributed by atoms with E-state index >= 15 is 0 Å². The normalized spacial score (nSPS) is 19.5. The molecule has 1 saturated heterocycles. The molecule has 2 aliphatic rings. The summed E-state index contributed by atoms with van der Waals surface area (Å²) >= 11 is 0. The Morgan fingerprint density at radius 3 is 2.42 bits per heavy atom. The van der Waals surface area contributed by atoms with E-state index in [-0.39, 0.29) is 24.0 Å². The van der Waals surface area contributed by atoms with Gasteiger partial charge in [-0.2, -0.15) is 0 Å². The number of fused-ring (bicyclic) bond motifs is 2. The monoisotopic (exact) mass is 419 g/mol. The molecule has 1 aliphatic heterocycles. The van der Waals surface area contributed by atoms with E-state index in [0.717, 1.165) is 16.6 Å². The molecular formula is C22H21N5O4. The Labute approximate surface area is 177 Å². The Hall–Kier alpha value is -3.88. The molecule has 1 aromatic heterocycles. The largest absolute Gasteiger partial charge is 0.329 e. The molecule has 4 amide bonds. The molecule has 3 aromatic rings. The van der Waals surface area contributed by atoms with Gasteiger partial charge in [0.2, 0.25) is 5.91 Å². The first-order valence-corrected chi connectivity index (χ1v) is 10.1. The van der Waals surface area contributed by atoms with Crippen LogP contribution in [-0.4, -0.2) is 32.5 Å². The van der Waals surface area contributed by atoms with Gasteiger partial charge in [0, 0.05) is 25.1 Å². The number of aryl methyl sites for hydroxylation is 1. The van der Waals surface area contributed by atoms with E-state index in [1.54, 1.807) is 10.6 Å². The minimum absolute atomic E-state index is 0.105. The number of urea groups is 1. The Bertz CT molecular complexity index is 1320. The Morgan fingerprint density at radius 2 is 1.74 bits per heavy atom. The first-order chi connectivity index (χ1) is 14.9. The maximum absolute atomic E-state index is 12.7. The minimum Gasteiger partial charge on any atom is -0.325 e. The Kier molecular flexibility index (Phi) is 4.21. The van der Waals surface area contributed by atoms with Gasteiger partial charge in [-0.05, 0) is 42.3 Å². The van der Waals surface area contributed by atoms with E-state index < -0.39 is 11.6 Å². The van der Waals surface area contributed by atoms with Crippen molar-refractivity contribution in [2.75, 3.05) is 5.32 Å². The van der Waals surface area contributed by atoms with Crippen LogP contribution in [0, 0.1) is 0 Å². The number of rotatable bonds is 4. The molecule has 1 aliphatic carbocycles. The third-order valence-corrected chi connectivity index (χ3v) is 6.03. The average Bonchev–Trinajstić information content (AvgIpc) is 3.32. The zero-order valence-corrected chi connectivity index (χ0v) is 16.9. The summed E-state index contributed by atoms with van der Waals surface area (Å²) < 4.78 is 3.10. The van der Waals surface area contributed by atoms with Crippen molar-refractivity contribution < 1.29 is 14.4 Å². The number of carbonyl (C=O) groups excluding carboxylic acids is 3. The molecule has 2 heterocycles. The average molecular weight is 419 g/mol. The summed E-state index contributed by atoms with van der Waals surface area (Å²) in [5.74, 6) is -0.647. The molecule has 3 N–H and O–H groups in total. The van der Waals surface area contributed by atoms with Gasteiger partial charge in [0.1, 0.15) is 12.1 Å². The van der Waals surface area contributed by atoms with E-state index in [4.69, 9.17) is 0 Å². The number of nitrogens with zero attached hydrogens (tertiary/aromatic N) is 2. The summed E-state index contributed by atoms with van der Waals surface area (Å²) in [6.07, 6.45) is 0.785. The quantitative estimate of drug-likeness (QED) is 0.550. The van der Waals surface area contributed by atoms with Crippen LogP contribution in [0.4, 0.5) is 10.5 Å². The molecule has 9 heteroatoms. The van der Waals surface area contributed by atoms with E-state index in [1.807, 2.05) is 43.3 Å². The summed E-state index contributed by atoms with van der Waals surface area (Å²) in [5, 5.41) is 7.86. The second-order valence-corrected chi connectivity index (χ2v) is 7.98. The van der Waals surface area contributed by atoms with Crippen LogP contribution in [0.15, 0.2) is 47.3 Å². The van der Waals surface area contributed by atoms with Gasteiger partial charge in [0.25, 0.3) is 5.91 Å². The molecule has 1 unspecified atom stereocenters. The van der Waals surface area contributed by atoms with Crippen molar-refractivity contribution in [3.8, 4) is 0 Å². The predicted octanol–water partition coefficient (Wildman–Crippen LogP) is 1.14.